The molecule has 98 valence electrons. The van der Waals surface area contributed by atoms with Gasteiger partial charge in [-0.05, 0) is 25.0 Å². The van der Waals surface area contributed by atoms with Crippen molar-refractivity contribution in [3.8, 4) is 11.1 Å². The van der Waals surface area contributed by atoms with Gasteiger partial charge in [0.15, 0.2) is 0 Å². The first kappa shape index (κ1) is 13.1. The number of hydrogen-bond donors (Lipinski definition) is 1. The predicted molar refractivity (Wildman–Crippen MR) is 73.2 cm³/mol. The zero-order chi connectivity index (χ0) is 14.0. The largest absolute Gasteiger partial charge is 0.480 e. The molecule has 0 unspecified atom stereocenters. The van der Waals surface area contributed by atoms with Gasteiger partial charge in [0.1, 0.15) is 6.54 Å². The second-order valence-corrected chi connectivity index (χ2v) is 4.60. The van der Waals surface area contributed by atoms with Crippen LogP contribution < -0.4 is 5.56 Å². The Balaban J connectivity index is 2.54. The number of benzene rings is 1. The number of aromatic nitrogens is 1. The van der Waals surface area contributed by atoms with Crippen molar-refractivity contribution < 1.29 is 9.90 Å². The van der Waals surface area contributed by atoms with E-state index < -0.39 is 5.97 Å². The summed E-state index contributed by atoms with van der Waals surface area (Å²) in [5.74, 6) is -1.03. The fourth-order valence-corrected chi connectivity index (χ4v) is 1.97. The van der Waals surface area contributed by atoms with Gasteiger partial charge in [0.25, 0.3) is 5.56 Å². The SMILES string of the molecule is Cc1ccc(-c2cn(CC(=O)O)c(=O)cc2C)cc1. The van der Waals surface area contributed by atoms with E-state index in [-0.39, 0.29) is 12.1 Å². The van der Waals surface area contributed by atoms with Gasteiger partial charge in [-0.1, -0.05) is 29.8 Å². The molecule has 2 rings (SSSR count). The number of carboxylic acid groups (broad SMARTS) is 1. The number of carboxylic acids is 1. The van der Waals surface area contributed by atoms with Crippen LogP contribution in [0.4, 0.5) is 0 Å². The van der Waals surface area contributed by atoms with Crippen molar-refractivity contribution in [2.75, 3.05) is 0 Å². The average molecular weight is 257 g/mol. The van der Waals surface area contributed by atoms with E-state index in [1.165, 1.54) is 10.6 Å². The van der Waals surface area contributed by atoms with E-state index in [4.69, 9.17) is 5.11 Å². The molecule has 0 aliphatic rings. The summed E-state index contributed by atoms with van der Waals surface area (Å²) in [6.45, 7) is 3.53. The highest BCUT2D eigenvalue weighted by Gasteiger charge is 2.08. The van der Waals surface area contributed by atoms with Gasteiger partial charge in [0.2, 0.25) is 0 Å². The number of aliphatic carboxylic acids is 1. The Morgan fingerprint density at radius 1 is 1.21 bits per heavy atom. The number of hydrogen-bond acceptors (Lipinski definition) is 2. The van der Waals surface area contributed by atoms with E-state index in [9.17, 15) is 9.59 Å². The Hall–Kier alpha value is -2.36. The Kier molecular flexibility index (Phi) is 3.51. The summed E-state index contributed by atoms with van der Waals surface area (Å²) in [6.07, 6.45) is 1.61. The van der Waals surface area contributed by atoms with E-state index in [0.29, 0.717) is 0 Å². The second kappa shape index (κ2) is 5.10. The van der Waals surface area contributed by atoms with Gasteiger partial charge in [-0.25, -0.2) is 0 Å². The lowest BCUT2D eigenvalue weighted by atomic mass is 10.0. The summed E-state index contributed by atoms with van der Waals surface area (Å²) in [4.78, 5) is 22.5. The van der Waals surface area contributed by atoms with Crippen LogP contribution in [0.5, 0.6) is 0 Å². The van der Waals surface area contributed by atoms with Crippen molar-refractivity contribution in [3.05, 3.63) is 58.0 Å². The molecule has 0 atom stereocenters. The number of rotatable bonds is 3. The molecule has 1 N–H and O–H groups in total. The zero-order valence-corrected chi connectivity index (χ0v) is 10.9. The molecule has 0 saturated heterocycles. The van der Waals surface area contributed by atoms with Crippen LogP contribution in [0.15, 0.2) is 41.3 Å². The molecule has 1 aromatic heterocycles. The minimum absolute atomic E-state index is 0.296. The maximum absolute atomic E-state index is 11.7. The average Bonchev–Trinajstić information content (AvgIpc) is 2.33. The summed E-state index contributed by atoms with van der Waals surface area (Å²) < 4.78 is 1.21. The van der Waals surface area contributed by atoms with Gasteiger partial charge < -0.3 is 9.67 Å². The first-order valence-corrected chi connectivity index (χ1v) is 5.97. The third-order valence-electron chi connectivity index (χ3n) is 3.00. The van der Waals surface area contributed by atoms with Gasteiger partial charge >= 0.3 is 5.97 Å². The van der Waals surface area contributed by atoms with Gasteiger partial charge in [0, 0.05) is 17.8 Å². The fourth-order valence-electron chi connectivity index (χ4n) is 1.97. The molecule has 0 aliphatic carbocycles. The lowest BCUT2D eigenvalue weighted by Gasteiger charge is -2.10. The first-order chi connectivity index (χ1) is 8.97. The number of nitrogens with zero attached hydrogens (tertiary/aromatic N) is 1. The molecule has 2 aromatic rings. The highest BCUT2D eigenvalue weighted by Crippen LogP contribution is 2.22. The van der Waals surface area contributed by atoms with Crippen molar-refractivity contribution in [3.63, 3.8) is 0 Å². The summed E-state index contributed by atoms with van der Waals surface area (Å²) in [5, 5.41) is 8.80. The maximum Gasteiger partial charge on any atom is 0.323 e. The van der Waals surface area contributed by atoms with Gasteiger partial charge in [-0.15, -0.1) is 0 Å². The molecule has 0 spiro atoms. The van der Waals surface area contributed by atoms with E-state index >= 15 is 0 Å². The topological polar surface area (TPSA) is 59.3 Å². The van der Waals surface area contributed by atoms with Gasteiger partial charge in [0.05, 0.1) is 0 Å². The lowest BCUT2D eigenvalue weighted by Crippen LogP contribution is -2.23. The smallest absolute Gasteiger partial charge is 0.323 e. The fraction of sp³-hybridized carbons (Fsp3) is 0.200. The van der Waals surface area contributed by atoms with E-state index in [2.05, 4.69) is 0 Å². The first-order valence-electron chi connectivity index (χ1n) is 5.97. The quantitative estimate of drug-likeness (QED) is 0.917. The van der Waals surface area contributed by atoms with Crippen molar-refractivity contribution in [1.82, 2.24) is 4.57 Å². The van der Waals surface area contributed by atoms with Crippen LogP contribution in [0, 0.1) is 13.8 Å². The molecule has 0 radical (unpaired) electrons. The van der Waals surface area contributed by atoms with Crippen LogP contribution in [0.3, 0.4) is 0 Å². The zero-order valence-electron chi connectivity index (χ0n) is 10.9. The van der Waals surface area contributed by atoms with Crippen LogP contribution in [0.25, 0.3) is 11.1 Å². The summed E-state index contributed by atoms with van der Waals surface area (Å²) in [5.41, 5.74) is 3.55. The molecule has 19 heavy (non-hydrogen) atoms. The summed E-state index contributed by atoms with van der Waals surface area (Å²) in [6, 6.07) is 9.38. The Morgan fingerprint density at radius 3 is 2.42 bits per heavy atom. The van der Waals surface area contributed by atoms with E-state index in [1.54, 1.807) is 6.20 Å². The molecule has 1 aromatic carbocycles. The normalized spacial score (nSPS) is 10.4. The third-order valence-corrected chi connectivity index (χ3v) is 3.00. The molecule has 4 heteroatoms. The van der Waals surface area contributed by atoms with Crippen molar-refractivity contribution >= 4 is 5.97 Å². The van der Waals surface area contributed by atoms with Crippen molar-refractivity contribution in [2.45, 2.75) is 20.4 Å². The Morgan fingerprint density at radius 2 is 1.84 bits per heavy atom. The van der Waals surface area contributed by atoms with Crippen LogP contribution in [0.2, 0.25) is 0 Å². The molecule has 0 aliphatic heterocycles. The highest BCUT2D eigenvalue weighted by molar-refractivity contribution is 5.69. The van der Waals surface area contributed by atoms with Crippen molar-refractivity contribution in [1.29, 1.82) is 0 Å². The number of pyridine rings is 1. The molecule has 1 heterocycles. The number of aryl methyl sites for hydroxylation is 2. The second-order valence-electron chi connectivity index (χ2n) is 4.60. The van der Waals surface area contributed by atoms with E-state index in [1.807, 2.05) is 38.1 Å². The van der Waals surface area contributed by atoms with Crippen LogP contribution in [0.1, 0.15) is 11.1 Å². The highest BCUT2D eigenvalue weighted by atomic mass is 16.4. The Bertz CT molecular complexity index is 669. The van der Waals surface area contributed by atoms with Crippen LogP contribution >= 0.6 is 0 Å². The molecule has 0 bridgehead atoms. The van der Waals surface area contributed by atoms with Crippen LogP contribution in [-0.4, -0.2) is 15.6 Å². The molecule has 0 saturated carbocycles. The van der Waals surface area contributed by atoms with Crippen LogP contribution in [-0.2, 0) is 11.3 Å². The van der Waals surface area contributed by atoms with E-state index in [0.717, 1.165) is 22.3 Å². The lowest BCUT2D eigenvalue weighted by molar-refractivity contribution is -0.137. The predicted octanol–water partition coefficient (Wildman–Crippen LogP) is 2.22. The maximum atomic E-state index is 11.7. The molecule has 0 fully saturated rings. The third kappa shape index (κ3) is 2.91. The molecular weight excluding hydrogens is 242 g/mol. The van der Waals surface area contributed by atoms with Gasteiger partial charge in [-0.2, -0.15) is 0 Å². The van der Waals surface area contributed by atoms with Gasteiger partial charge in [-0.3, -0.25) is 9.59 Å². The van der Waals surface area contributed by atoms with Crippen molar-refractivity contribution in [2.24, 2.45) is 0 Å². The minimum Gasteiger partial charge on any atom is -0.480 e. The monoisotopic (exact) mass is 257 g/mol. The molecular formula is C15H15NO3. The molecule has 4 nitrogen and oxygen atoms in total. The molecule has 0 amide bonds. The number of carbonyl (C=O) groups is 1. The summed E-state index contributed by atoms with van der Waals surface area (Å²) in [7, 11) is 0. The Labute approximate surface area is 110 Å². The summed E-state index contributed by atoms with van der Waals surface area (Å²) >= 11 is 0. The minimum atomic E-state index is -1.03. The standard InChI is InChI=1S/C15H15NO3/c1-10-3-5-12(6-4-10)13-8-16(9-15(18)19)14(17)7-11(13)2/h3-8H,9H2,1-2H3,(H,18,19).